The van der Waals surface area contributed by atoms with Crippen molar-refractivity contribution in [3.8, 4) is 5.75 Å². The topological polar surface area (TPSA) is 20.2 Å². The Balaban J connectivity index is 3.21. The molecule has 0 spiro atoms. The van der Waals surface area contributed by atoms with Gasteiger partial charge < -0.3 is 5.11 Å². The second-order valence-electron chi connectivity index (χ2n) is 5.12. The van der Waals surface area contributed by atoms with Gasteiger partial charge in [-0.2, -0.15) is 0 Å². The third-order valence-electron chi connectivity index (χ3n) is 3.77. The minimum atomic E-state index is 0.248. The van der Waals surface area contributed by atoms with Crippen LogP contribution in [0.4, 0.5) is 0 Å². The highest BCUT2D eigenvalue weighted by Gasteiger charge is 2.24. The Bertz CT molecular complexity index is 345. The Kier molecular flexibility index (Phi) is 4.01. The van der Waals surface area contributed by atoms with Crippen molar-refractivity contribution >= 4 is 0 Å². The fraction of sp³-hybridized carbons (Fsp3) is 0.600. The molecule has 0 radical (unpaired) electrons. The summed E-state index contributed by atoms with van der Waals surface area (Å²) in [6.45, 7) is 10.8. The van der Waals surface area contributed by atoms with E-state index in [0.717, 1.165) is 17.5 Å². The van der Waals surface area contributed by atoms with E-state index in [2.05, 4.69) is 32.9 Å². The molecule has 0 heterocycles. The van der Waals surface area contributed by atoms with Crippen molar-refractivity contribution in [3.63, 3.8) is 0 Å². The molecule has 0 saturated heterocycles. The average Bonchev–Trinajstić information content (AvgIpc) is 2.25. The lowest BCUT2D eigenvalue weighted by atomic mass is 9.75. The Labute approximate surface area is 99.5 Å². The fourth-order valence-corrected chi connectivity index (χ4v) is 2.38. The molecule has 0 fully saturated rings. The highest BCUT2D eigenvalue weighted by molar-refractivity contribution is 5.44. The van der Waals surface area contributed by atoms with Crippen LogP contribution in [0.3, 0.4) is 0 Å². The molecular formula is C15H24O. The molecule has 0 aliphatic carbocycles. The largest absolute Gasteiger partial charge is 0.507 e. The van der Waals surface area contributed by atoms with Gasteiger partial charge in [-0.1, -0.05) is 39.3 Å². The third-order valence-corrected chi connectivity index (χ3v) is 3.77. The van der Waals surface area contributed by atoms with Crippen molar-refractivity contribution in [1.82, 2.24) is 0 Å². The lowest BCUT2D eigenvalue weighted by Crippen LogP contribution is -2.20. The summed E-state index contributed by atoms with van der Waals surface area (Å²) in [5.74, 6) is 0.443. The Morgan fingerprint density at radius 3 is 2.00 bits per heavy atom. The summed E-state index contributed by atoms with van der Waals surface area (Å²) in [5.41, 5.74) is 3.60. The molecule has 0 aromatic heterocycles. The summed E-state index contributed by atoms with van der Waals surface area (Å²) in [7, 11) is 0. The molecule has 0 amide bonds. The SMILES string of the molecule is CCCC(C)(CC)c1cc(C)c(O)c(C)c1. The van der Waals surface area contributed by atoms with E-state index in [1.807, 2.05) is 13.8 Å². The van der Waals surface area contributed by atoms with Crippen molar-refractivity contribution in [2.75, 3.05) is 0 Å². The number of rotatable bonds is 4. The molecule has 0 saturated carbocycles. The summed E-state index contributed by atoms with van der Waals surface area (Å²) in [6.07, 6.45) is 3.54. The van der Waals surface area contributed by atoms with Crippen LogP contribution in [-0.4, -0.2) is 5.11 Å². The van der Waals surface area contributed by atoms with E-state index in [-0.39, 0.29) is 5.41 Å². The summed E-state index contributed by atoms with van der Waals surface area (Å²) in [5, 5.41) is 9.80. The summed E-state index contributed by atoms with van der Waals surface area (Å²) < 4.78 is 0. The van der Waals surface area contributed by atoms with E-state index in [0.29, 0.717) is 5.75 Å². The molecule has 16 heavy (non-hydrogen) atoms. The number of hydrogen-bond donors (Lipinski definition) is 1. The number of aromatic hydroxyl groups is 1. The Morgan fingerprint density at radius 2 is 1.62 bits per heavy atom. The van der Waals surface area contributed by atoms with E-state index >= 15 is 0 Å². The molecule has 1 unspecified atom stereocenters. The minimum Gasteiger partial charge on any atom is -0.507 e. The fourth-order valence-electron chi connectivity index (χ4n) is 2.38. The molecular weight excluding hydrogens is 196 g/mol. The summed E-state index contributed by atoms with van der Waals surface area (Å²) in [4.78, 5) is 0. The smallest absolute Gasteiger partial charge is 0.121 e. The maximum atomic E-state index is 9.80. The van der Waals surface area contributed by atoms with Gasteiger partial charge >= 0.3 is 0 Å². The zero-order valence-electron chi connectivity index (χ0n) is 11.2. The van der Waals surface area contributed by atoms with E-state index in [1.54, 1.807) is 0 Å². The van der Waals surface area contributed by atoms with Crippen LogP contribution < -0.4 is 0 Å². The van der Waals surface area contributed by atoms with Crippen LogP contribution in [0.1, 0.15) is 56.7 Å². The summed E-state index contributed by atoms with van der Waals surface area (Å²) in [6, 6.07) is 4.28. The lowest BCUT2D eigenvalue weighted by molar-refractivity contribution is 0.411. The predicted molar refractivity (Wildman–Crippen MR) is 70.1 cm³/mol. The predicted octanol–water partition coefficient (Wildman–Crippen LogP) is 4.48. The van der Waals surface area contributed by atoms with Crippen molar-refractivity contribution < 1.29 is 5.11 Å². The molecule has 1 nitrogen and oxygen atoms in total. The first-order valence-electron chi connectivity index (χ1n) is 6.25. The molecule has 1 atom stereocenters. The molecule has 0 bridgehead atoms. The number of phenols is 1. The molecule has 1 heteroatoms. The molecule has 0 aliphatic rings. The van der Waals surface area contributed by atoms with Crippen LogP contribution >= 0.6 is 0 Å². The van der Waals surface area contributed by atoms with E-state index in [4.69, 9.17) is 0 Å². The van der Waals surface area contributed by atoms with E-state index in [9.17, 15) is 5.11 Å². The van der Waals surface area contributed by atoms with Crippen LogP contribution in [0, 0.1) is 13.8 Å². The van der Waals surface area contributed by atoms with Crippen molar-refractivity contribution in [2.45, 2.75) is 59.3 Å². The standard InChI is InChI=1S/C15H24O/c1-6-8-15(5,7-2)13-9-11(3)14(16)12(4)10-13/h9-10,16H,6-8H2,1-5H3. The Morgan fingerprint density at radius 1 is 1.12 bits per heavy atom. The van der Waals surface area contributed by atoms with Gasteiger partial charge in [0.2, 0.25) is 0 Å². The zero-order valence-corrected chi connectivity index (χ0v) is 11.2. The van der Waals surface area contributed by atoms with Gasteiger partial charge in [-0.05, 0) is 48.8 Å². The molecule has 1 rings (SSSR count). The summed E-state index contributed by atoms with van der Waals surface area (Å²) >= 11 is 0. The minimum absolute atomic E-state index is 0.248. The zero-order chi connectivity index (χ0) is 12.3. The van der Waals surface area contributed by atoms with Crippen LogP contribution in [0.5, 0.6) is 5.75 Å². The van der Waals surface area contributed by atoms with Crippen LogP contribution in [-0.2, 0) is 5.41 Å². The first kappa shape index (κ1) is 13.1. The van der Waals surface area contributed by atoms with Gasteiger partial charge in [0.1, 0.15) is 5.75 Å². The molecule has 0 aliphatic heterocycles. The van der Waals surface area contributed by atoms with Gasteiger partial charge in [0.25, 0.3) is 0 Å². The van der Waals surface area contributed by atoms with Crippen molar-refractivity contribution in [3.05, 3.63) is 28.8 Å². The number of aryl methyl sites for hydroxylation is 2. The van der Waals surface area contributed by atoms with Crippen molar-refractivity contribution in [2.24, 2.45) is 0 Å². The Hall–Kier alpha value is -0.980. The van der Waals surface area contributed by atoms with E-state index in [1.165, 1.54) is 18.4 Å². The van der Waals surface area contributed by atoms with E-state index < -0.39 is 0 Å². The normalized spacial score (nSPS) is 14.8. The maximum absolute atomic E-state index is 9.80. The van der Waals surface area contributed by atoms with Crippen LogP contribution in [0.15, 0.2) is 12.1 Å². The van der Waals surface area contributed by atoms with Gasteiger partial charge in [-0.25, -0.2) is 0 Å². The number of hydrogen-bond acceptors (Lipinski definition) is 1. The first-order chi connectivity index (χ1) is 7.44. The van der Waals surface area contributed by atoms with Gasteiger partial charge in [-0.15, -0.1) is 0 Å². The third kappa shape index (κ3) is 2.40. The second kappa shape index (κ2) is 4.90. The van der Waals surface area contributed by atoms with Crippen LogP contribution in [0.2, 0.25) is 0 Å². The number of phenolic OH excluding ortho intramolecular Hbond substituents is 1. The van der Waals surface area contributed by atoms with Gasteiger partial charge in [0.15, 0.2) is 0 Å². The quantitative estimate of drug-likeness (QED) is 0.793. The van der Waals surface area contributed by atoms with Crippen molar-refractivity contribution in [1.29, 1.82) is 0 Å². The first-order valence-corrected chi connectivity index (χ1v) is 6.25. The lowest BCUT2D eigenvalue weighted by Gasteiger charge is -2.29. The van der Waals surface area contributed by atoms with Gasteiger partial charge in [-0.3, -0.25) is 0 Å². The molecule has 90 valence electrons. The van der Waals surface area contributed by atoms with Crippen LogP contribution in [0.25, 0.3) is 0 Å². The second-order valence-corrected chi connectivity index (χ2v) is 5.12. The maximum Gasteiger partial charge on any atom is 0.121 e. The monoisotopic (exact) mass is 220 g/mol. The van der Waals surface area contributed by atoms with Gasteiger partial charge in [0, 0.05) is 0 Å². The molecule has 1 N–H and O–H groups in total. The highest BCUT2D eigenvalue weighted by Crippen LogP contribution is 2.36. The molecule has 1 aromatic rings. The highest BCUT2D eigenvalue weighted by atomic mass is 16.3. The average molecular weight is 220 g/mol. The molecule has 1 aromatic carbocycles. The van der Waals surface area contributed by atoms with Gasteiger partial charge in [0.05, 0.1) is 0 Å². The number of benzene rings is 1.